The van der Waals surface area contributed by atoms with E-state index in [9.17, 15) is 4.79 Å². The lowest BCUT2D eigenvalue weighted by atomic mass is 9.91. The Morgan fingerprint density at radius 1 is 1.32 bits per heavy atom. The molecule has 0 aromatic heterocycles. The van der Waals surface area contributed by atoms with Gasteiger partial charge in [-0.2, -0.15) is 0 Å². The maximum Gasteiger partial charge on any atom is 0.226 e. The molecule has 1 saturated heterocycles. The highest BCUT2D eigenvalue weighted by Gasteiger charge is 2.28. The molecule has 1 heterocycles. The molecule has 0 bridgehead atoms. The number of halogens is 2. The van der Waals surface area contributed by atoms with E-state index in [2.05, 4.69) is 19.2 Å². The van der Waals surface area contributed by atoms with Crippen molar-refractivity contribution in [2.24, 2.45) is 5.92 Å². The second kappa shape index (κ2) is 8.76. The molecule has 0 spiro atoms. The summed E-state index contributed by atoms with van der Waals surface area (Å²) in [6, 6.07) is 8.08. The first-order valence-electron chi connectivity index (χ1n) is 7.73. The number of benzene rings is 1. The summed E-state index contributed by atoms with van der Waals surface area (Å²) in [5.41, 5.74) is 1.22. The minimum Gasteiger partial charge on any atom is -0.342 e. The molecular weight excluding hydrogens is 319 g/mol. The Labute approximate surface area is 144 Å². The van der Waals surface area contributed by atoms with E-state index in [1.54, 1.807) is 0 Å². The van der Waals surface area contributed by atoms with Crippen LogP contribution in [0.2, 0.25) is 5.02 Å². The molecule has 0 radical (unpaired) electrons. The molecule has 1 aromatic carbocycles. The van der Waals surface area contributed by atoms with E-state index < -0.39 is 0 Å². The summed E-state index contributed by atoms with van der Waals surface area (Å²) in [6.45, 7) is 6.12. The molecule has 1 aliphatic heterocycles. The maximum absolute atomic E-state index is 12.6. The van der Waals surface area contributed by atoms with Gasteiger partial charge in [-0.25, -0.2) is 0 Å². The van der Waals surface area contributed by atoms with E-state index in [1.165, 1.54) is 5.56 Å². The molecule has 3 unspecified atom stereocenters. The van der Waals surface area contributed by atoms with Crippen molar-refractivity contribution >= 4 is 29.9 Å². The van der Waals surface area contributed by atoms with E-state index >= 15 is 0 Å². The summed E-state index contributed by atoms with van der Waals surface area (Å²) in [5, 5.41) is 4.06. The third-order valence-electron chi connectivity index (χ3n) is 4.72. The molecule has 1 amide bonds. The first-order chi connectivity index (χ1) is 10.0. The van der Waals surface area contributed by atoms with E-state index in [1.807, 2.05) is 36.2 Å². The molecule has 1 N–H and O–H groups in total. The number of likely N-dealkylation sites (N-methyl/N-ethyl adjacent to an activating group) is 1. The fraction of sp³-hybridized carbons (Fsp3) is 0.588. The minimum atomic E-state index is 0. The standard InChI is InChI=1S/C17H25ClN2O.ClH/c1-12(14-6-8-16(18)9-7-14)13(2)20(3)17(21)15-5-4-10-19-11-15;/h6-9,12-13,15,19H,4-5,10-11H2,1-3H3;1H. The van der Waals surface area contributed by atoms with Crippen LogP contribution in [-0.4, -0.2) is 37.0 Å². The SMILES string of the molecule is CC(c1ccc(Cl)cc1)C(C)N(C)C(=O)C1CCCNC1.Cl. The Morgan fingerprint density at radius 2 is 1.95 bits per heavy atom. The lowest BCUT2D eigenvalue weighted by Gasteiger charge is -2.34. The summed E-state index contributed by atoms with van der Waals surface area (Å²) < 4.78 is 0. The molecular formula is C17H26Cl2N2O. The zero-order valence-corrected chi connectivity index (χ0v) is 15.1. The zero-order valence-electron chi connectivity index (χ0n) is 13.5. The van der Waals surface area contributed by atoms with Gasteiger partial charge in [-0.15, -0.1) is 12.4 Å². The zero-order chi connectivity index (χ0) is 15.4. The summed E-state index contributed by atoms with van der Waals surface area (Å²) in [7, 11) is 1.92. The van der Waals surface area contributed by atoms with Gasteiger partial charge in [0.2, 0.25) is 5.91 Å². The van der Waals surface area contributed by atoms with Gasteiger partial charge in [-0.1, -0.05) is 30.7 Å². The summed E-state index contributed by atoms with van der Waals surface area (Å²) in [4.78, 5) is 14.5. The van der Waals surface area contributed by atoms with Gasteiger partial charge in [-0.05, 0) is 44.0 Å². The molecule has 124 valence electrons. The Balaban J connectivity index is 0.00000242. The predicted molar refractivity (Wildman–Crippen MR) is 94.9 cm³/mol. The monoisotopic (exact) mass is 344 g/mol. The molecule has 3 atom stereocenters. The number of carbonyl (C=O) groups excluding carboxylic acids is 1. The van der Waals surface area contributed by atoms with Crippen molar-refractivity contribution in [3.05, 3.63) is 34.9 Å². The molecule has 0 saturated carbocycles. The van der Waals surface area contributed by atoms with Crippen LogP contribution in [0.25, 0.3) is 0 Å². The van der Waals surface area contributed by atoms with Crippen LogP contribution in [0.4, 0.5) is 0 Å². The van der Waals surface area contributed by atoms with Crippen molar-refractivity contribution in [3.63, 3.8) is 0 Å². The number of rotatable bonds is 4. The number of nitrogens with one attached hydrogen (secondary N) is 1. The number of hydrogen-bond acceptors (Lipinski definition) is 2. The van der Waals surface area contributed by atoms with Crippen LogP contribution in [0.5, 0.6) is 0 Å². The van der Waals surface area contributed by atoms with Crippen molar-refractivity contribution < 1.29 is 4.79 Å². The van der Waals surface area contributed by atoms with Crippen LogP contribution in [0.1, 0.15) is 38.2 Å². The molecule has 22 heavy (non-hydrogen) atoms. The number of carbonyl (C=O) groups is 1. The maximum atomic E-state index is 12.6. The van der Waals surface area contributed by atoms with E-state index in [4.69, 9.17) is 11.6 Å². The second-order valence-corrected chi connectivity index (χ2v) is 6.51. The molecule has 1 aliphatic rings. The van der Waals surface area contributed by atoms with Crippen LogP contribution in [-0.2, 0) is 4.79 Å². The highest BCUT2D eigenvalue weighted by Crippen LogP contribution is 2.25. The van der Waals surface area contributed by atoms with Crippen molar-refractivity contribution in [3.8, 4) is 0 Å². The van der Waals surface area contributed by atoms with Crippen LogP contribution in [0, 0.1) is 5.92 Å². The highest BCUT2D eigenvalue weighted by molar-refractivity contribution is 6.30. The van der Waals surface area contributed by atoms with E-state index in [0.717, 1.165) is 31.0 Å². The first-order valence-corrected chi connectivity index (χ1v) is 8.11. The number of amides is 1. The van der Waals surface area contributed by atoms with Crippen molar-refractivity contribution in [1.29, 1.82) is 0 Å². The van der Waals surface area contributed by atoms with Crippen molar-refractivity contribution in [2.45, 2.75) is 38.6 Å². The number of hydrogen-bond donors (Lipinski definition) is 1. The molecule has 3 nitrogen and oxygen atoms in total. The minimum absolute atomic E-state index is 0. The lowest BCUT2D eigenvalue weighted by molar-refractivity contribution is -0.136. The summed E-state index contributed by atoms with van der Waals surface area (Å²) in [5.74, 6) is 0.673. The molecule has 0 aliphatic carbocycles. The van der Waals surface area contributed by atoms with Gasteiger partial charge in [0.25, 0.3) is 0 Å². The van der Waals surface area contributed by atoms with Crippen LogP contribution < -0.4 is 5.32 Å². The van der Waals surface area contributed by atoms with Gasteiger partial charge >= 0.3 is 0 Å². The first kappa shape index (κ1) is 19.3. The van der Waals surface area contributed by atoms with Gasteiger partial charge < -0.3 is 10.2 Å². The Hall–Kier alpha value is -0.770. The van der Waals surface area contributed by atoms with Gasteiger partial charge in [-0.3, -0.25) is 4.79 Å². The van der Waals surface area contributed by atoms with Gasteiger partial charge in [0, 0.05) is 30.6 Å². The molecule has 1 aromatic rings. The summed E-state index contributed by atoms with van der Waals surface area (Å²) in [6.07, 6.45) is 2.09. The van der Waals surface area contributed by atoms with Crippen molar-refractivity contribution in [1.82, 2.24) is 10.2 Å². The normalized spacial score (nSPS) is 20.6. The average molecular weight is 345 g/mol. The topological polar surface area (TPSA) is 32.3 Å². The Morgan fingerprint density at radius 3 is 2.50 bits per heavy atom. The van der Waals surface area contributed by atoms with E-state index in [-0.39, 0.29) is 36.2 Å². The molecule has 5 heteroatoms. The molecule has 2 rings (SSSR count). The number of nitrogens with zero attached hydrogens (tertiary/aromatic N) is 1. The number of piperidine rings is 1. The van der Waals surface area contributed by atoms with Crippen LogP contribution in [0.3, 0.4) is 0 Å². The smallest absolute Gasteiger partial charge is 0.226 e. The Kier molecular flexibility index (Phi) is 7.67. The van der Waals surface area contributed by atoms with Crippen LogP contribution >= 0.6 is 24.0 Å². The van der Waals surface area contributed by atoms with Crippen LogP contribution in [0.15, 0.2) is 24.3 Å². The second-order valence-electron chi connectivity index (χ2n) is 6.07. The third kappa shape index (κ3) is 4.61. The fourth-order valence-corrected chi connectivity index (χ4v) is 3.06. The van der Waals surface area contributed by atoms with Gasteiger partial charge in [0.05, 0.1) is 5.92 Å². The van der Waals surface area contributed by atoms with E-state index in [0.29, 0.717) is 0 Å². The average Bonchev–Trinajstić information content (AvgIpc) is 2.53. The molecule has 1 fully saturated rings. The lowest BCUT2D eigenvalue weighted by Crippen LogP contribution is -2.46. The third-order valence-corrected chi connectivity index (χ3v) is 4.98. The largest absolute Gasteiger partial charge is 0.342 e. The van der Waals surface area contributed by atoms with Gasteiger partial charge in [0.1, 0.15) is 0 Å². The highest BCUT2D eigenvalue weighted by atomic mass is 35.5. The fourth-order valence-electron chi connectivity index (χ4n) is 2.93. The van der Waals surface area contributed by atoms with Crippen molar-refractivity contribution in [2.75, 3.05) is 20.1 Å². The summed E-state index contributed by atoms with van der Waals surface area (Å²) >= 11 is 5.94. The van der Waals surface area contributed by atoms with Gasteiger partial charge in [0.15, 0.2) is 0 Å². The predicted octanol–water partition coefficient (Wildman–Crippen LogP) is 3.71. The quantitative estimate of drug-likeness (QED) is 0.902. The Bertz CT molecular complexity index is 472.